The van der Waals surface area contributed by atoms with Gasteiger partial charge < -0.3 is 0 Å². The predicted octanol–water partition coefficient (Wildman–Crippen LogP) is 4.52. The van der Waals surface area contributed by atoms with Gasteiger partial charge >= 0.3 is 0 Å². The van der Waals surface area contributed by atoms with Gasteiger partial charge in [-0.15, -0.1) is 22.2 Å². The van der Waals surface area contributed by atoms with E-state index in [1.807, 2.05) is 30.8 Å². The van der Waals surface area contributed by atoms with Gasteiger partial charge in [-0.25, -0.2) is 0 Å². The van der Waals surface area contributed by atoms with Crippen LogP contribution in [0.3, 0.4) is 0 Å². The molecule has 0 aliphatic heterocycles. The Kier molecular flexibility index (Phi) is 3.82. The minimum absolute atomic E-state index is 0.222. The zero-order valence-electron chi connectivity index (χ0n) is 8.43. The van der Waals surface area contributed by atoms with Crippen molar-refractivity contribution in [1.82, 2.24) is 0 Å². The van der Waals surface area contributed by atoms with Crippen LogP contribution in [-0.4, -0.2) is 6.69 Å². The van der Waals surface area contributed by atoms with Crippen LogP contribution in [0.1, 0.15) is 23.6 Å². The van der Waals surface area contributed by atoms with Crippen molar-refractivity contribution in [2.24, 2.45) is 0 Å². The highest BCUT2D eigenvalue weighted by Gasteiger charge is 2.31. The molecule has 76 valence electrons. The monoisotopic (exact) mass is 244 g/mol. The number of halogens is 2. The van der Waals surface area contributed by atoms with Crippen molar-refractivity contribution in [3.05, 3.63) is 42.0 Å². The molecule has 0 bridgehead atoms. The molecule has 1 aromatic carbocycles. The number of hydrogen-bond donors (Lipinski definition) is 0. The Morgan fingerprint density at radius 2 is 1.93 bits per heavy atom. The first-order chi connectivity index (χ1) is 6.46. The Bertz CT molecular complexity index is 328. The molecule has 0 radical (unpaired) electrons. The highest BCUT2D eigenvalue weighted by atomic mass is 35.7. The summed E-state index contributed by atoms with van der Waals surface area (Å²) in [6, 6.07) is 8.10. The summed E-state index contributed by atoms with van der Waals surface area (Å²) in [7, 11) is 0. The number of rotatable bonds is 3. The highest BCUT2D eigenvalue weighted by molar-refractivity contribution is 7.45. The molecule has 14 heavy (non-hydrogen) atoms. The topological polar surface area (TPSA) is 0 Å². The van der Waals surface area contributed by atoms with E-state index in [1.54, 1.807) is 0 Å². The van der Waals surface area contributed by atoms with E-state index in [2.05, 4.69) is 19.6 Å². The average molecular weight is 245 g/mol. The van der Waals surface area contributed by atoms with Crippen molar-refractivity contribution in [3.8, 4) is 0 Å². The first-order valence-corrected chi connectivity index (χ1v) is 9.16. The standard InChI is InChI=1S/C11H14Cl2Si/c1-4-10-7-5-6-8-11(10)9(2)14(3,12)13/h4-9H,1H2,2-3H3. The summed E-state index contributed by atoms with van der Waals surface area (Å²) in [6.45, 7) is 5.66. The molecule has 0 amide bonds. The lowest BCUT2D eigenvalue weighted by atomic mass is 10.1. The summed E-state index contributed by atoms with van der Waals surface area (Å²) >= 11 is 12.4. The molecule has 0 aliphatic rings. The van der Waals surface area contributed by atoms with Gasteiger partial charge in [0.15, 0.2) is 0 Å². The highest BCUT2D eigenvalue weighted by Crippen LogP contribution is 2.34. The molecule has 0 saturated heterocycles. The number of hydrogen-bond acceptors (Lipinski definition) is 0. The molecule has 1 aromatic rings. The van der Waals surface area contributed by atoms with E-state index in [4.69, 9.17) is 22.2 Å². The minimum Gasteiger partial charge on any atom is -0.145 e. The van der Waals surface area contributed by atoms with Crippen LogP contribution in [0.4, 0.5) is 0 Å². The molecule has 0 aliphatic carbocycles. The van der Waals surface area contributed by atoms with Gasteiger partial charge in [-0.3, -0.25) is 0 Å². The van der Waals surface area contributed by atoms with Gasteiger partial charge in [0, 0.05) is 5.54 Å². The van der Waals surface area contributed by atoms with Crippen LogP contribution in [-0.2, 0) is 0 Å². The van der Waals surface area contributed by atoms with E-state index in [1.165, 1.54) is 5.56 Å². The second-order valence-electron chi connectivity index (χ2n) is 3.51. The Morgan fingerprint density at radius 1 is 1.36 bits per heavy atom. The maximum Gasteiger partial charge on any atom is 0.255 e. The molecule has 1 unspecified atom stereocenters. The first kappa shape index (κ1) is 11.8. The largest absolute Gasteiger partial charge is 0.255 e. The normalized spacial score (nSPS) is 13.7. The summed E-state index contributed by atoms with van der Waals surface area (Å²) in [6.07, 6.45) is 1.85. The first-order valence-electron chi connectivity index (χ1n) is 4.56. The minimum atomic E-state index is -2.15. The van der Waals surface area contributed by atoms with Crippen molar-refractivity contribution in [2.45, 2.75) is 19.0 Å². The van der Waals surface area contributed by atoms with E-state index in [9.17, 15) is 0 Å². The summed E-state index contributed by atoms with van der Waals surface area (Å²) in [5.74, 6) is 0. The molecule has 0 saturated carbocycles. The maximum absolute atomic E-state index is 6.22. The van der Waals surface area contributed by atoms with Crippen molar-refractivity contribution in [1.29, 1.82) is 0 Å². The molecule has 0 N–H and O–H groups in total. The van der Waals surface area contributed by atoms with Gasteiger partial charge in [-0.05, 0) is 17.7 Å². The van der Waals surface area contributed by atoms with E-state index in [0.717, 1.165) is 5.56 Å². The Labute approximate surface area is 96.0 Å². The van der Waals surface area contributed by atoms with Crippen LogP contribution < -0.4 is 0 Å². The van der Waals surface area contributed by atoms with E-state index < -0.39 is 6.69 Å². The third-order valence-corrected chi connectivity index (χ3v) is 6.24. The zero-order chi connectivity index (χ0) is 10.8. The van der Waals surface area contributed by atoms with Gasteiger partial charge in [-0.1, -0.05) is 43.8 Å². The summed E-state index contributed by atoms with van der Waals surface area (Å²) in [4.78, 5) is 0. The molecule has 3 heteroatoms. The van der Waals surface area contributed by atoms with Crippen LogP contribution in [0.5, 0.6) is 0 Å². The fourth-order valence-electron chi connectivity index (χ4n) is 1.36. The third-order valence-electron chi connectivity index (χ3n) is 2.44. The van der Waals surface area contributed by atoms with Crippen molar-refractivity contribution < 1.29 is 0 Å². The zero-order valence-corrected chi connectivity index (χ0v) is 10.9. The van der Waals surface area contributed by atoms with Crippen LogP contribution >= 0.6 is 22.2 Å². The van der Waals surface area contributed by atoms with Crippen molar-refractivity contribution >= 4 is 34.9 Å². The SMILES string of the molecule is C=Cc1ccccc1C(C)[Si](C)(Cl)Cl. The molecule has 0 nitrogen and oxygen atoms in total. The molecule has 0 spiro atoms. The summed E-state index contributed by atoms with van der Waals surface area (Å²) < 4.78 is 0. The Hall–Kier alpha value is -0.243. The molecule has 1 atom stereocenters. The van der Waals surface area contributed by atoms with E-state index in [0.29, 0.717) is 0 Å². The number of benzene rings is 1. The molecule has 0 aromatic heterocycles. The van der Waals surface area contributed by atoms with Gasteiger partial charge in [-0.2, -0.15) is 0 Å². The molecular weight excluding hydrogens is 231 g/mol. The second-order valence-corrected chi connectivity index (χ2v) is 11.6. The average Bonchev–Trinajstić information content (AvgIpc) is 2.15. The fourth-order valence-corrected chi connectivity index (χ4v) is 2.88. The van der Waals surface area contributed by atoms with Gasteiger partial charge in [0.25, 0.3) is 6.69 Å². The third kappa shape index (κ3) is 2.63. The smallest absolute Gasteiger partial charge is 0.145 e. The fraction of sp³-hybridized carbons (Fsp3) is 0.273. The maximum atomic E-state index is 6.22. The lowest BCUT2D eigenvalue weighted by Gasteiger charge is -2.21. The lowest BCUT2D eigenvalue weighted by molar-refractivity contribution is 1.05. The molecular formula is C11H14Cl2Si. The van der Waals surface area contributed by atoms with E-state index in [-0.39, 0.29) is 5.54 Å². The van der Waals surface area contributed by atoms with Crippen LogP contribution in [0.25, 0.3) is 6.08 Å². The Balaban J connectivity index is 3.12. The van der Waals surface area contributed by atoms with Crippen LogP contribution in [0.2, 0.25) is 6.55 Å². The van der Waals surface area contributed by atoms with Crippen molar-refractivity contribution in [3.63, 3.8) is 0 Å². The van der Waals surface area contributed by atoms with Gasteiger partial charge in [0.2, 0.25) is 0 Å². The Morgan fingerprint density at radius 3 is 2.43 bits per heavy atom. The predicted molar refractivity (Wildman–Crippen MR) is 68.3 cm³/mol. The second kappa shape index (κ2) is 4.52. The van der Waals surface area contributed by atoms with Crippen LogP contribution in [0.15, 0.2) is 30.8 Å². The summed E-state index contributed by atoms with van der Waals surface area (Å²) in [5, 5.41) is 0. The quantitative estimate of drug-likeness (QED) is 0.542. The molecule has 1 rings (SSSR count). The van der Waals surface area contributed by atoms with E-state index >= 15 is 0 Å². The van der Waals surface area contributed by atoms with Gasteiger partial charge in [0.05, 0.1) is 0 Å². The summed E-state index contributed by atoms with van der Waals surface area (Å²) in [5.41, 5.74) is 2.54. The van der Waals surface area contributed by atoms with Crippen molar-refractivity contribution in [2.75, 3.05) is 0 Å². The van der Waals surface area contributed by atoms with Crippen LogP contribution in [0, 0.1) is 0 Å². The molecule has 0 heterocycles. The van der Waals surface area contributed by atoms with Gasteiger partial charge in [0.1, 0.15) is 0 Å². The molecule has 0 fully saturated rings. The lowest BCUT2D eigenvalue weighted by Crippen LogP contribution is -2.23.